The van der Waals surface area contributed by atoms with Crippen molar-refractivity contribution in [2.24, 2.45) is 0 Å². The molecule has 0 bridgehead atoms. The van der Waals surface area contributed by atoms with Crippen LogP contribution in [-0.2, 0) is 15.1 Å². The highest BCUT2D eigenvalue weighted by Crippen LogP contribution is 2.52. The van der Waals surface area contributed by atoms with E-state index >= 15 is 0 Å². The third-order valence-corrected chi connectivity index (χ3v) is 6.62. The summed E-state index contributed by atoms with van der Waals surface area (Å²) in [5.41, 5.74) is 2.22. The van der Waals surface area contributed by atoms with E-state index in [9.17, 15) is 9.59 Å². The average molecular weight is 364 g/mol. The summed E-state index contributed by atoms with van der Waals surface area (Å²) in [7, 11) is 0. The first kappa shape index (κ1) is 17.1. The van der Waals surface area contributed by atoms with E-state index in [1.54, 1.807) is 6.92 Å². The Hall–Kier alpha value is -2.33. The van der Waals surface area contributed by atoms with Gasteiger partial charge in [0.15, 0.2) is 11.4 Å². The maximum absolute atomic E-state index is 13.1. The molecule has 0 saturated carbocycles. The fraction of sp³-hybridized carbons (Fsp3) is 0.273. The summed E-state index contributed by atoms with van der Waals surface area (Å²) in [6.07, 6.45) is 2.00. The number of hydrogen-bond acceptors (Lipinski definition) is 4. The molecule has 1 unspecified atom stereocenters. The van der Waals surface area contributed by atoms with E-state index in [1.807, 2.05) is 60.3 Å². The van der Waals surface area contributed by atoms with Gasteiger partial charge in [0.2, 0.25) is 0 Å². The normalized spacial score (nSPS) is 20.2. The minimum atomic E-state index is -0.960. The summed E-state index contributed by atoms with van der Waals surface area (Å²) in [5.74, 6) is 0.590. The number of carbonyl (C=O) groups excluding carboxylic acids is 2. The van der Waals surface area contributed by atoms with Crippen molar-refractivity contribution in [1.82, 2.24) is 0 Å². The second-order valence-electron chi connectivity index (χ2n) is 6.83. The van der Waals surface area contributed by atoms with Crippen LogP contribution in [0.1, 0.15) is 46.8 Å². The Kier molecular flexibility index (Phi) is 4.23. The van der Waals surface area contributed by atoms with Crippen LogP contribution in [0, 0.1) is 0 Å². The summed E-state index contributed by atoms with van der Waals surface area (Å²) >= 11 is 1.81. The predicted molar refractivity (Wildman–Crippen MR) is 103 cm³/mol. The van der Waals surface area contributed by atoms with Gasteiger partial charge in [-0.05, 0) is 25.5 Å². The molecule has 4 rings (SSSR count). The molecule has 1 atom stereocenters. The molecule has 4 heteroatoms. The average Bonchev–Trinajstić information content (AvgIpc) is 3.20. The van der Waals surface area contributed by atoms with Crippen LogP contribution in [0.3, 0.4) is 0 Å². The van der Waals surface area contributed by atoms with Crippen LogP contribution < -0.4 is 0 Å². The molecule has 0 amide bonds. The Balaban J connectivity index is 2.03. The Morgan fingerprint density at radius 2 is 1.69 bits per heavy atom. The van der Waals surface area contributed by atoms with E-state index in [1.165, 1.54) is 0 Å². The van der Waals surface area contributed by atoms with Crippen molar-refractivity contribution in [1.29, 1.82) is 0 Å². The van der Waals surface area contributed by atoms with Gasteiger partial charge in [0.05, 0.1) is 5.25 Å². The zero-order chi connectivity index (χ0) is 18.3. The molecule has 2 aliphatic rings. The van der Waals surface area contributed by atoms with Crippen molar-refractivity contribution in [2.75, 3.05) is 5.75 Å². The summed E-state index contributed by atoms with van der Waals surface area (Å²) in [6.45, 7) is 5.41. The first-order valence-electron chi connectivity index (χ1n) is 8.80. The van der Waals surface area contributed by atoms with E-state index in [0.29, 0.717) is 16.7 Å². The van der Waals surface area contributed by atoms with Crippen LogP contribution in [-0.4, -0.2) is 22.8 Å². The van der Waals surface area contributed by atoms with Crippen LogP contribution in [0.5, 0.6) is 0 Å². The van der Waals surface area contributed by atoms with Gasteiger partial charge in [-0.3, -0.25) is 4.79 Å². The number of rotatable bonds is 3. The van der Waals surface area contributed by atoms with Gasteiger partial charge in [0, 0.05) is 27.8 Å². The second-order valence-corrected chi connectivity index (χ2v) is 8.14. The van der Waals surface area contributed by atoms with Gasteiger partial charge in [-0.1, -0.05) is 55.1 Å². The highest BCUT2D eigenvalue weighted by molar-refractivity contribution is 8.00. The second kappa shape index (κ2) is 6.44. The molecule has 132 valence electrons. The number of ketones is 1. The minimum absolute atomic E-state index is 0.0128. The SMILES string of the molecule is C=C(C)C(=O)OC1(C2CCCS2)c2ccccc2C(=O)c2ccccc21. The van der Waals surface area contributed by atoms with Gasteiger partial charge >= 0.3 is 5.97 Å². The lowest BCUT2D eigenvalue weighted by molar-refractivity contribution is -0.152. The number of ether oxygens (including phenoxy) is 1. The van der Waals surface area contributed by atoms with E-state index in [4.69, 9.17) is 4.74 Å². The third-order valence-electron chi connectivity index (χ3n) is 5.13. The molecule has 2 aromatic carbocycles. The number of benzene rings is 2. The van der Waals surface area contributed by atoms with E-state index in [0.717, 1.165) is 29.7 Å². The van der Waals surface area contributed by atoms with Crippen molar-refractivity contribution in [3.05, 3.63) is 82.9 Å². The van der Waals surface area contributed by atoms with Gasteiger partial charge < -0.3 is 4.74 Å². The molecule has 1 aliphatic carbocycles. The molecule has 3 nitrogen and oxygen atoms in total. The van der Waals surface area contributed by atoms with Crippen LogP contribution in [0.4, 0.5) is 0 Å². The summed E-state index contributed by atoms with van der Waals surface area (Å²) < 4.78 is 6.21. The maximum atomic E-state index is 13.1. The van der Waals surface area contributed by atoms with Crippen molar-refractivity contribution >= 4 is 23.5 Å². The minimum Gasteiger partial charge on any atom is -0.445 e. The molecule has 1 heterocycles. The molecule has 2 aromatic rings. The number of carbonyl (C=O) groups is 2. The zero-order valence-electron chi connectivity index (χ0n) is 14.7. The van der Waals surface area contributed by atoms with Crippen LogP contribution >= 0.6 is 11.8 Å². The molecular formula is C22H20O3S. The molecule has 0 radical (unpaired) electrons. The molecule has 1 saturated heterocycles. The van der Waals surface area contributed by atoms with Crippen LogP contribution in [0.25, 0.3) is 0 Å². The smallest absolute Gasteiger partial charge is 0.334 e. The summed E-state index contributed by atoms with van der Waals surface area (Å²) in [6, 6.07) is 15.0. The number of hydrogen-bond donors (Lipinski definition) is 0. The van der Waals surface area contributed by atoms with E-state index in [-0.39, 0.29) is 11.0 Å². The van der Waals surface area contributed by atoms with Gasteiger partial charge in [0.1, 0.15) is 0 Å². The van der Waals surface area contributed by atoms with Crippen molar-refractivity contribution in [3.8, 4) is 0 Å². The van der Waals surface area contributed by atoms with Crippen LogP contribution in [0.2, 0.25) is 0 Å². The quantitative estimate of drug-likeness (QED) is 0.594. The highest BCUT2D eigenvalue weighted by atomic mass is 32.2. The topological polar surface area (TPSA) is 43.4 Å². The first-order chi connectivity index (χ1) is 12.6. The molecular weight excluding hydrogens is 344 g/mol. The van der Waals surface area contributed by atoms with Crippen molar-refractivity contribution < 1.29 is 14.3 Å². The monoisotopic (exact) mass is 364 g/mol. The standard InChI is InChI=1S/C22H20O3S/c1-14(2)21(24)25-22(19-12-7-13-26-19)17-10-5-3-8-15(17)20(23)16-9-4-6-11-18(16)22/h3-6,8-11,19H,1,7,12-13H2,2H3. The lowest BCUT2D eigenvalue weighted by Gasteiger charge is -2.43. The molecule has 0 spiro atoms. The summed E-state index contributed by atoms with van der Waals surface area (Å²) in [5, 5.41) is 0.0706. The molecule has 1 aliphatic heterocycles. The largest absolute Gasteiger partial charge is 0.445 e. The number of esters is 1. The maximum Gasteiger partial charge on any atom is 0.334 e. The van der Waals surface area contributed by atoms with E-state index < -0.39 is 11.6 Å². The number of thioether (sulfide) groups is 1. The predicted octanol–water partition coefficient (Wildman–Crippen LogP) is 4.49. The lowest BCUT2D eigenvalue weighted by Crippen LogP contribution is -2.47. The van der Waals surface area contributed by atoms with Gasteiger partial charge in [-0.2, -0.15) is 11.8 Å². The fourth-order valence-electron chi connectivity index (χ4n) is 3.95. The van der Waals surface area contributed by atoms with E-state index in [2.05, 4.69) is 6.58 Å². The van der Waals surface area contributed by atoms with Gasteiger partial charge in [-0.15, -0.1) is 0 Å². The Morgan fingerprint density at radius 1 is 1.12 bits per heavy atom. The third kappa shape index (κ3) is 2.43. The Labute approximate surface area is 157 Å². The van der Waals surface area contributed by atoms with Gasteiger partial charge in [0.25, 0.3) is 0 Å². The lowest BCUT2D eigenvalue weighted by atomic mass is 9.71. The van der Waals surface area contributed by atoms with Crippen molar-refractivity contribution in [3.63, 3.8) is 0 Å². The summed E-state index contributed by atoms with van der Waals surface area (Å²) in [4.78, 5) is 25.7. The molecule has 0 N–H and O–H groups in total. The van der Waals surface area contributed by atoms with Crippen LogP contribution in [0.15, 0.2) is 60.7 Å². The number of fused-ring (bicyclic) bond motifs is 2. The van der Waals surface area contributed by atoms with Gasteiger partial charge in [-0.25, -0.2) is 4.79 Å². The van der Waals surface area contributed by atoms with Crippen molar-refractivity contribution in [2.45, 2.75) is 30.6 Å². The Morgan fingerprint density at radius 3 is 2.19 bits per heavy atom. The molecule has 1 fully saturated rings. The molecule has 26 heavy (non-hydrogen) atoms. The Bertz CT molecular complexity index is 860. The first-order valence-corrected chi connectivity index (χ1v) is 9.84. The molecule has 0 aromatic heterocycles. The highest BCUT2D eigenvalue weighted by Gasteiger charge is 2.53. The fourth-order valence-corrected chi connectivity index (χ4v) is 5.44. The zero-order valence-corrected chi connectivity index (χ0v) is 15.5.